The highest BCUT2D eigenvalue weighted by Gasteiger charge is 2.19. The molecule has 0 unspecified atom stereocenters. The van der Waals surface area contributed by atoms with Crippen LogP contribution in [0.1, 0.15) is 42.1 Å². The van der Waals surface area contributed by atoms with Gasteiger partial charge in [-0.2, -0.15) is 0 Å². The number of oxazole rings is 1. The molecule has 4 rings (SSSR count). The highest BCUT2D eigenvalue weighted by Crippen LogP contribution is 2.35. The summed E-state index contributed by atoms with van der Waals surface area (Å²) in [4.78, 5) is 16.6. The average Bonchev–Trinajstić information content (AvgIpc) is 3.45. The lowest BCUT2D eigenvalue weighted by Crippen LogP contribution is -2.29. The van der Waals surface area contributed by atoms with Gasteiger partial charge < -0.3 is 28.5 Å². The molecule has 1 amide bonds. The van der Waals surface area contributed by atoms with Crippen LogP contribution in [0.4, 0.5) is 0 Å². The normalized spacial score (nSPS) is 13.4. The summed E-state index contributed by atoms with van der Waals surface area (Å²) in [5, 5.41) is 10.7. The van der Waals surface area contributed by atoms with Crippen molar-refractivity contribution < 1.29 is 23.4 Å². The van der Waals surface area contributed by atoms with E-state index in [2.05, 4.69) is 20.5 Å². The van der Waals surface area contributed by atoms with Gasteiger partial charge in [-0.1, -0.05) is 0 Å². The quantitative estimate of drug-likeness (QED) is 0.658. The number of carbonyl (C=O) groups is 1. The van der Waals surface area contributed by atoms with Gasteiger partial charge in [-0.3, -0.25) is 4.79 Å². The minimum Gasteiger partial charge on any atom is -0.484 e. The Labute approximate surface area is 160 Å². The fourth-order valence-corrected chi connectivity index (χ4v) is 2.77. The van der Waals surface area contributed by atoms with E-state index >= 15 is 0 Å². The number of nitrogens with zero attached hydrogens (tertiary/aromatic N) is 4. The molecular weight excluding hydrogens is 366 g/mol. The highest BCUT2D eigenvalue weighted by molar-refractivity contribution is 5.92. The number of hydrogen-bond acceptors (Lipinski definition) is 8. The van der Waals surface area contributed by atoms with Crippen LogP contribution in [0.15, 0.2) is 35.2 Å². The molecule has 0 spiro atoms. The number of aromatic nitrogens is 4. The molecule has 1 N–H and O–H groups in total. The van der Waals surface area contributed by atoms with Gasteiger partial charge in [0.15, 0.2) is 29.6 Å². The molecule has 0 radical (unpaired) electrons. The number of benzene rings is 1. The van der Waals surface area contributed by atoms with E-state index in [9.17, 15) is 4.79 Å². The molecule has 0 bridgehead atoms. The van der Waals surface area contributed by atoms with Crippen LogP contribution in [0.5, 0.6) is 17.2 Å². The molecule has 0 aliphatic carbocycles. The monoisotopic (exact) mass is 385 g/mol. The van der Waals surface area contributed by atoms with E-state index in [4.69, 9.17) is 18.6 Å². The highest BCUT2D eigenvalue weighted by atomic mass is 16.7. The van der Waals surface area contributed by atoms with Gasteiger partial charge in [0.2, 0.25) is 12.7 Å². The Hall–Kier alpha value is -3.56. The summed E-state index contributed by atoms with van der Waals surface area (Å²) < 4.78 is 23.4. The van der Waals surface area contributed by atoms with Crippen molar-refractivity contribution in [2.45, 2.75) is 33.0 Å². The second kappa shape index (κ2) is 7.59. The maximum absolute atomic E-state index is 12.4. The minimum atomic E-state index is -0.365. The first-order chi connectivity index (χ1) is 13.6. The van der Waals surface area contributed by atoms with E-state index in [1.54, 1.807) is 24.5 Å². The van der Waals surface area contributed by atoms with E-state index < -0.39 is 0 Å². The topological polar surface area (TPSA) is 114 Å². The smallest absolute Gasteiger partial charge is 0.273 e. The summed E-state index contributed by atoms with van der Waals surface area (Å²) in [6.45, 7) is 4.80. The van der Waals surface area contributed by atoms with Crippen molar-refractivity contribution in [3.8, 4) is 17.2 Å². The maximum atomic E-state index is 12.4. The predicted octanol–water partition coefficient (Wildman–Crippen LogP) is 2.08. The molecule has 0 saturated heterocycles. The molecule has 28 heavy (non-hydrogen) atoms. The molecule has 1 atom stereocenters. The molecule has 2 aromatic heterocycles. The van der Waals surface area contributed by atoms with Gasteiger partial charge in [0, 0.05) is 12.6 Å². The largest absolute Gasteiger partial charge is 0.484 e. The SMILES string of the molecule is CCn1cnnc1[C@H](C)NC(=O)c1coc(COc2ccc3c(c2)OCO3)n1. The predicted molar refractivity (Wildman–Crippen MR) is 95.0 cm³/mol. The molecular formula is C18H19N5O5. The molecule has 1 aliphatic rings. The van der Waals surface area contributed by atoms with Crippen LogP contribution in [0.2, 0.25) is 0 Å². The van der Waals surface area contributed by atoms with Crippen molar-refractivity contribution in [1.29, 1.82) is 0 Å². The number of rotatable bonds is 7. The van der Waals surface area contributed by atoms with Crippen molar-refractivity contribution in [3.05, 3.63) is 48.2 Å². The van der Waals surface area contributed by atoms with E-state index in [0.29, 0.717) is 29.6 Å². The third kappa shape index (κ3) is 3.61. The molecule has 10 nitrogen and oxygen atoms in total. The van der Waals surface area contributed by atoms with Gasteiger partial charge >= 0.3 is 0 Å². The van der Waals surface area contributed by atoms with Gasteiger partial charge in [0.05, 0.1) is 6.04 Å². The fraction of sp³-hybridized carbons (Fsp3) is 0.333. The zero-order chi connectivity index (χ0) is 19.5. The summed E-state index contributed by atoms with van der Waals surface area (Å²) in [7, 11) is 0. The van der Waals surface area contributed by atoms with Crippen LogP contribution >= 0.6 is 0 Å². The Morgan fingerprint density at radius 2 is 2.21 bits per heavy atom. The maximum Gasteiger partial charge on any atom is 0.273 e. The van der Waals surface area contributed by atoms with Crippen LogP contribution in [-0.4, -0.2) is 32.4 Å². The Bertz CT molecular complexity index is 982. The van der Waals surface area contributed by atoms with Crippen LogP contribution in [0, 0.1) is 0 Å². The van der Waals surface area contributed by atoms with Crippen molar-refractivity contribution in [3.63, 3.8) is 0 Å². The summed E-state index contributed by atoms with van der Waals surface area (Å²) in [6, 6.07) is 4.93. The van der Waals surface area contributed by atoms with Crippen LogP contribution < -0.4 is 19.5 Å². The van der Waals surface area contributed by atoms with Crippen molar-refractivity contribution in [2.75, 3.05) is 6.79 Å². The molecule has 10 heteroatoms. The van der Waals surface area contributed by atoms with E-state index in [-0.39, 0.29) is 36.9 Å². The van der Waals surface area contributed by atoms with Crippen molar-refractivity contribution in [1.82, 2.24) is 25.1 Å². The first-order valence-electron chi connectivity index (χ1n) is 8.79. The number of fused-ring (bicyclic) bond motifs is 1. The summed E-state index contributed by atoms with van der Waals surface area (Å²) in [5.74, 6) is 2.48. The van der Waals surface area contributed by atoms with E-state index in [1.807, 2.05) is 18.4 Å². The first kappa shape index (κ1) is 17.8. The molecule has 0 saturated carbocycles. The number of nitrogens with one attached hydrogen (secondary N) is 1. The van der Waals surface area contributed by atoms with Crippen LogP contribution in [-0.2, 0) is 13.2 Å². The average molecular weight is 385 g/mol. The third-order valence-electron chi connectivity index (χ3n) is 4.21. The van der Waals surface area contributed by atoms with E-state index in [0.717, 1.165) is 0 Å². The number of carbonyl (C=O) groups excluding carboxylic acids is 1. The Morgan fingerprint density at radius 3 is 3.07 bits per heavy atom. The third-order valence-corrected chi connectivity index (χ3v) is 4.21. The zero-order valence-electron chi connectivity index (χ0n) is 15.4. The second-order valence-corrected chi connectivity index (χ2v) is 6.10. The van der Waals surface area contributed by atoms with Crippen molar-refractivity contribution in [2.24, 2.45) is 0 Å². The molecule has 0 fully saturated rings. The van der Waals surface area contributed by atoms with Crippen LogP contribution in [0.25, 0.3) is 0 Å². The molecule has 1 aliphatic heterocycles. The minimum absolute atomic E-state index is 0.0760. The van der Waals surface area contributed by atoms with Gasteiger partial charge in [-0.05, 0) is 26.0 Å². The zero-order valence-corrected chi connectivity index (χ0v) is 15.4. The Kier molecular flexibility index (Phi) is 4.83. The number of amides is 1. The lowest BCUT2D eigenvalue weighted by atomic mass is 10.3. The Balaban J connectivity index is 1.35. The number of hydrogen-bond donors (Lipinski definition) is 1. The summed E-state index contributed by atoms with van der Waals surface area (Å²) in [5.41, 5.74) is 0.165. The van der Waals surface area contributed by atoms with Gasteiger partial charge in [-0.25, -0.2) is 4.98 Å². The molecule has 3 heterocycles. The standard InChI is InChI=1S/C18H19N5O5/c1-3-23-9-19-22-17(23)11(2)20-18(24)13-7-26-16(21-13)8-25-12-4-5-14-15(6-12)28-10-27-14/h4-7,9,11H,3,8,10H2,1-2H3,(H,20,24)/t11-/m0/s1. The summed E-state index contributed by atoms with van der Waals surface area (Å²) in [6.07, 6.45) is 2.92. The number of aryl methyl sites for hydroxylation is 1. The van der Waals surface area contributed by atoms with Gasteiger partial charge in [-0.15, -0.1) is 10.2 Å². The Morgan fingerprint density at radius 1 is 1.36 bits per heavy atom. The van der Waals surface area contributed by atoms with E-state index in [1.165, 1.54) is 6.26 Å². The molecule has 3 aromatic rings. The summed E-state index contributed by atoms with van der Waals surface area (Å²) >= 11 is 0. The number of ether oxygens (including phenoxy) is 3. The fourth-order valence-electron chi connectivity index (χ4n) is 2.77. The molecule has 146 valence electrons. The lowest BCUT2D eigenvalue weighted by molar-refractivity contribution is 0.0932. The second-order valence-electron chi connectivity index (χ2n) is 6.10. The van der Waals surface area contributed by atoms with Crippen molar-refractivity contribution >= 4 is 5.91 Å². The lowest BCUT2D eigenvalue weighted by Gasteiger charge is -2.12. The first-order valence-corrected chi connectivity index (χ1v) is 8.79. The van der Waals surface area contributed by atoms with Gasteiger partial charge in [0.1, 0.15) is 18.3 Å². The molecule has 1 aromatic carbocycles. The van der Waals surface area contributed by atoms with Crippen LogP contribution in [0.3, 0.4) is 0 Å². The van der Waals surface area contributed by atoms with Gasteiger partial charge in [0.25, 0.3) is 5.91 Å².